The van der Waals surface area contributed by atoms with E-state index in [-0.39, 0.29) is 29.6 Å². The van der Waals surface area contributed by atoms with Crippen molar-refractivity contribution in [1.82, 2.24) is 49.3 Å². The molecule has 1 aromatic carbocycles. The van der Waals surface area contributed by atoms with E-state index < -0.39 is 0 Å². The van der Waals surface area contributed by atoms with Crippen molar-refractivity contribution in [1.29, 1.82) is 0 Å². The van der Waals surface area contributed by atoms with Gasteiger partial charge in [-0.15, -0.1) is 10.2 Å². The molecule has 5 aromatic rings. The zero-order valence-corrected chi connectivity index (χ0v) is 29.3. The molecule has 0 unspecified atom stereocenters. The number of hydrogen-bond acceptors (Lipinski definition) is 8. The highest BCUT2D eigenvalue weighted by Gasteiger charge is 2.31. The number of hydrogen-bond donors (Lipinski definition) is 2. The summed E-state index contributed by atoms with van der Waals surface area (Å²) in [5.74, 6) is 2.31. The first-order chi connectivity index (χ1) is 23.5. The first kappa shape index (κ1) is 32.8. The van der Waals surface area contributed by atoms with E-state index in [0.717, 1.165) is 85.0 Å². The van der Waals surface area contributed by atoms with Gasteiger partial charge in [-0.3, -0.25) is 19.3 Å². The minimum absolute atomic E-state index is 0.149. The minimum Gasteiger partial charge on any atom is -0.484 e. The van der Waals surface area contributed by atoms with Crippen LogP contribution in [0.2, 0.25) is 0 Å². The number of fused-ring (bicyclic) bond motifs is 2. The van der Waals surface area contributed by atoms with Gasteiger partial charge in [-0.2, -0.15) is 10.2 Å². The standard InChI is InChI=1S/C36H47N11O2/c1-36(2,3)31-20-33(47(42-31)24-21-37-45(22-24)19-18-43(4)5)39-35(48)38-28-14-15-30(27-11-8-7-10-26(27)28)49-25-13-16-32-40-41-34(46(32)23-25)29-12-9-17-44(29)6/h7-8,10-11,13,16,20-23,28-30H,9,12,14-15,17-19H2,1-6H3,(H2,38,39,48)/t28-,29-,30+/m0/s1. The first-order valence-corrected chi connectivity index (χ1v) is 17.2. The molecule has 1 aliphatic heterocycles. The summed E-state index contributed by atoms with van der Waals surface area (Å²) in [5.41, 5.74) is 4.40. The third kappa shape index (κ3) is 6.90. The van der Waals surface area contributed by atoms with Gasteiger partial charge < -0.3 is 15.0 Å². The van der Waals surface area contributed by atoms with Crippen LogP contribution in [0.1, 0.15) is 87.3 Å². The Labute approximate surface area is 287 Å². The Hall–Kier alpha value is -4.75. The fraction of sp³-hybridized carbons (Fsp3) is 0.472. The summed E-state index contributed by atoms with van der Waals surface area (Å²) >= 11 is 0. The van der Waals surface area contributed by atoms with Crippen LogP contribution in [-0.2, 0) is 12.0 Å². The van der Waals surface area contributed by atoms with E-state index in [1.165, 1.54) is 0 Å². The number of carbonyl (C=O) groups excluding carboxylic acids is 1. The largest absolute Gasteiger partial charge is 0.484 e. The van der Waals surface area contributed by atoms with Crippen LogP contribution < -0.4 is 15.4 Å². The van der Waals surface area contributed by atoms with Crippen LogP contribution in [0.25, 0.3) is 11.3 Å². The topological polar surface area (TPSA) is 123 Å². The Morgan fingerprint density at radius 3 is 2.61 bits per heavy atom. The second-order valence-corrected chi connectivity index (χ2v) is 14.6. The van der Waals surface area contributed by atoms with Crippen molar-refractivity contribution in [2.75, 3.05) is 39.5 Å². The van der Waals surface area contributed by atoms with Crippen molar-refractivity contribution in [3.05, 3.63) is 83.7 Å². The molecule has 1 saturated heterocycles. The van der Waals surface area contributed by atoms with E-state index in [1.807, 2.05) is 61.5 Å². The molecule has 5 heterocycles. The van der Waals surface area contributed by atoms with Crippen LogP contribution in [0.5, 0.6) is 5.75 Å². The summed E-state index contributed by atoms with van der Waals surface area (Å²) in [6, 6.07) is 13.9. The molecule has 0 saturated carbocycles. The maximum absolute atomic E-state index is 13.6. The zero-order chi connectivity index (χ0) is 34.3. The lowest BCUT2D eigenvalue weighted by molar-refractivity contribution is 0.171. The van der Waals surface area contributed by atoms with Gasteiger partial charge in [-0.25, -0.2) is 9.48 Å². The number of pyridine rings is 1. The van der Waals surface area contributed by atoms with E-state index in [1.54, 1.807) is 10.9 Å². The van der Waals surface area contributed by atoms with E-state index in [0.29, 0.717) is 5.82 Å². The van der Waals surface area contributed by atoms with E-state index in [9.17, 15) is 4.79 Å². The summed E-state index contributed by atoms with van der Waals surface area (Å²) in [4.78, 5) is 18.1. The number of ether oxygens (including phenoxy) is 1. The van der Waals surface area contributed by atoms with Gasteiger partial charge in [0.25, 0.3) is 0 Å². The van der Waals surface area contributed by atoms with E-state index >= 15 is 0 Å². The van der Waals surface area contributed by atoms with Crippen molar-refractivity contribution in [2.45, 2.75) is 76.6 Å². The predicted molar refractivity (Wildman–Crippen MR) is 188 cm³/mol. The van der Waals surface area contributed by atoms with Crippen LogP contribution in [0.3, 0.4) is 0 Å². The number of amides is 2. The molecule has 0 radical (unpaired) electrons. The van der Waals surface area contributed by atoms with E-state index in [2.05, 4.69) is 80.1 Å². The smallest absolute Gasteiger partial charge is 0.320 e. The number of nitrogens with one attached hydrogen (secondary N) is 2. The fourth-order valence-electron chi connectivity index (χ4n) is 6.84. The maximum atomic E-state index is 13.6. The lowest BCUT2D eigenvalue weighted by atomic mass is 9.85. The number of carbonyl (C=O) groups is 1. The second-order valence-electron chi connectivity index (χ2n) is 14.6. The lowest BCUT2D eigenvalue weighted by Crippen LogP contribution is -2.36. The van der Waals surface area contributed by atoms with Gasteiger partial charge in [-0.05, 0) is 76.6 Å². The normalized spacial score (nSPS) is 19.8. The third-order valence-electron chi connectivity index (χ3n) is 9.60. The molecule has 2 amide bonds. The molecule has 7 rings (SSSR count). The first-order valence-electron chi connectivity index (χ1n) is 17.2. The number of likely N-dealkylation sites (N-methyl/N-ethyl adjacent to an activating group) is 1. The number of urea groups is 1. The van der Waals surface area contributed by atoms with Crippen LogP contribution in [-0.4, -0.2) is 84.2 Å². The Bertz CT molecular complexity index is 1930. The zero-order valence-electron chi connectivity index (χ0n) is 29.3. The summed E-state index contributed by atoms with van der Waals surface area (Å²) in [5, 5.41) is 24.7. The van der Waals surface area contributed by atoms with Crippen molar-refractivity contribution < 1.29 is 9.53 Å². The summed E-state index contributed by atoms with van der Waals surface area (Å²) in [6.45, 7) is 9.01. The lowest BCUT2D eigenvalue weighted by Gasteiger charge is -2.32. The molecule has 0 bridgehead atoms. The van der Waals surface area contributed by atoms with Gasteiger partial charge in [0.2, 0.25) is 0 Å². The highest BCUT2D eigenvalue weighted by atomic mass is 16.5. The Morgan fingerprint density at radius 1 is 1.04 bits per heavy atom. The van der Waals surface area contributed by atoms with Gasteiger partial charge in [0.05, 0.1) is 42.9 Å². The maximum Gasteiger partial charge on any atom is 0.320 e. The molecule has 49 heavy (non-hydrogen) atoms. The predicted octanol–water partition coefficient (Wildman–Crippen LogP) is 5.51. The SMILES string of the molecule is CN(C)CCn1cc(-n2nc(C(C)(C)C)cc2NC(=O)N[C@H]2CC[C@@H](Oc3ccc4nnc([C@@H]5CCCN5C)n4c3)c3ccccc32)cn1. The quantitative estimate of drug-likeness (QED) is 0.211. The van der Waals surface area contributed by atoms with Gasteiger partial charge in [-0.1, -0.05) is 45.0 Å². The minimum atomic E-state index is -0.289. The Balaban J connectivity index is 1.07. The van der Waals surface area contributed by atoms with Crippen LogP contribution in [0.15, 0.2) is 61.1 Å². The molecule has 2 aliphatic rings. The third-order valence-corrected chi connectivity index (χ3v) is 9.60. The van der Waals surface area contributed by atoms with Crippen molar-refractivity contribution in [3.63, 3.8) is 0 Å². The van der Waals surface area contributed by atoms with Gasteiger partial charge in [0, 0.05) is 18.0 Å². The number of benzene rings is 1. The van der Waals surface area contributed by atoms with Gasteiger partial charge in [0.1, 0.15) is 23.4 Å². The van der Waals surface area contributed by atoms with Crippen molar-refractivity contribution in [2.24, 2.45) is 0 Å². The molecule has 1 aliphatic carbocycles. The monoisotopic (exact) mass is 665 g/mol. The number of rotatable bonds is 9. The molecule has 13 heteroatoms. The molecular weight excluding hydrogens is 618 g/mol. The molecular formula is C36H47N11O2. The molecule has 4 aromatic heterocycles. The average molecular weight is 666 g/mol. The molecule has 13 nitrogen and oxygen atoms in total. The Morgan fingerprint density at radius 2 is 1.86 bits per heavy atom. The van der Waals surface area contributed by atoms with E-state index in [4.69, 9.17) is 9.84 Å². The average Bonchev–Trinajstić information content (AvgIpc) is 3.87. The number of likely N-dealkylation sites (tertiary alicyclic amines) is 1. The molecule has 0 spiro atoms. The van der Waals surface area contributed by atoms with Gasteiger partial charge >= 0.3 is 6.03 Å². The highest BCUT2D eigenvalue weighted by molar-refractivity contribution is 5.89. The number of anilines is 1. The summed E-state index contributed by atoms with van der Waals surface area (Å²) in [6.07, 6.45) is 9.31. The van der Waals surface area contributed by atoms with Crippen LogP contribution >= 0.6 is 0 Å². The molecule has 258 valence electrons. The summed E-state index contributed by atoms with van der Waals surface area (Å²) in [7, 11) is 6.22. The highest BCUT2D eigenvalue weighted by Crippen LogP contribution is 2.39. The van der Waals surface area contributed by atoms with Gasteiger partial charge in [0.15, 0.2) is 11.5 Å². The van der Waals surface area contributed by atoms with Crippen molar-refractivity contribution >= 4 is 17.5 Å². The second kappa shape index (κ2) is 13.3. The number of aromatic nitrogens is 7. The molecule has 1 fully saturated rings. The summed E-state index contributed by atoms with van der Waals surface area (Å²) < 4.78 is 12.4. The molecule has 3 atom stereocenters. The molecule has 2 N–H and O–H groups in total. The Kier molecular flexibility index (Phi) is 8.88. The van der Waals surface area contributed by atoms with Crippen molar-refractivity contribution in [3.8, 4) is 11.4 Å². The van der Waals surface area contributed by atoms with Crippen LogP contribution in [0, 0.1) is 0 Å². The number of nitrogens with zero attached hydrogens (tertiary/aromatic N) is 9. The van der Waals surface area contributed by atoms with Crippen LogP contribution in [0.4, 0.5) is 10.6 Å². The fourth-order valence-corrected chi connectivity index (χ4v) is 6.84.